The van der Waals surface area contributed by atoms with Crippen molar-refractivity contribution in [2.45, 2.75) is 26.5 Å². The maximum absolute atomic E-state index is 9.64. The molecule has 0 aromatic heterocycles. The van der Waals surface area contributed by atoms with Crippen LogP contribution in [0.2, 0.25) is 5.02 Å². The second kappa shape index (κ2) is 6.74. The number of phenolic OH excluding ortho intramolecular Hbond substituents is 1. The van der Waals surface area contributed by atoms with Crippen molar-refractivity contribution in [3.8, 4) is 5.75 Å². The summed E-state index contributed by atoms with van der Waals surface area (Å²) < 4.78 is 5.38. The van der Waals surface area contributed by atoms with Gasteiger partial charge in [0.2, 0.25) is 0 Å². The number of phenols is 1. The van der Waals surface area contributed by atoms with Gasteiger partial charge in [-0.25, -0.2) is 0 Å². The third kappa shape index (κ3) is 4.39. The van der Waals surface area contributed by atoms with Gasteiger partial charge >= 0.3 is 0 Å². The number of hydrogen-bond donors (Lipinski definition) is 2. The van der Waals surface area contributed by atoms with Crippen LogP contribution in [0.1, 0.15) is 19.4 Å². The zero-order valence-corrected chi connectivity index (χ0v) is 10.4. The Bertz CT molecular complexity index is 329. The second-order valence-corrected chi connectivity index (χ2v) is 4.25. The van der Waals surface area contributed by atoms with Crippen LogP contribution in [-0.4, -0.2) is 24.4 Å². The first-order valence-corrected chi connectivity index (χ1v) is 5.77. The van der Waals surface area contributed by atoms with E-state index in [0.29, 0.717) is 18.2 Å². The van der Waals surface area contributed by atoms with Crippen molar-refractivity contribution < 1.29 is 9.84 Å². The summed E-state index contributed by atoms with van der Waals surface area (Å²) in [5.41, 5.74) is 0.803. The molecule has 0 amide bonds. The molecule has 0 aliphatic heterocycles. The molecule has 1 aromatic carbocycles. The minimum atomic E-state index is 0.154. The number of rotatable bonds is 6. The highest BCUT2D eigenvalue weighted by atomic mass is 35.5. The van der Waals surface area contributed by atoms with E-state index >= 15 is 0 Å². The Morgan fingerprint density at radius 2 is 2.19 bits per heavy atom. The summed E-state index contributed by atoms with van der Waals surface area (Å²) in [6.07, 6.45) is 0.251. The summed E-state index contributed by atoms with van der Waals surface area (Å²) in [5, 5.41) is 13.2. The monoisotopic (exact) mass is 243 g/mol. The fraction of sp³-hybridized carbons (Fsp3) is 0.500. The van der Waals surface area contributed by atoms with Crippen LogP contribution in [0.4, 0.5) is 0 Å². The molecule has 0 fully saturated rings. The van der Waals surface area contributed by atoms with Crippen molar-refractivity contribution in [2.24, 2.45) is 0 Å². The molecule has 4 heteroatoms. The van der Waals surface area contributed by atoms with E-state index in [0.717, 1.165) is 12.1 Å². The van der Waals surface area contributed by atoms with E-state index in [2.05, 4.69) is 5.32 Å². The molecular weight excluding hydrogens is 226 g/mol. The van der Waals surface area contributed by atoms with Crippen molar-refractivity contribution in [3.63, 3.8) is 0 Å². The van der Waals surface area contributed by atoms with Gasteiger partial charge in [0.05, 0.1) is 17.7 Å². The maximum atomic E-state index is 9.64. The van der Waals surface area contributed by atoms with Crippen LogP contribution in [-0.2, 0) is 11.3 Å². The largest absolute Gasteiger partial charge is 0.506 e. The number of nitrogens with one attached hydrogen (secondary N) is 1. The van der Waals surface area contributed by atoms with Crippen LogP contribution in [0.5, 0.6) is 5.75 Å². The normalized spacial score (nSPS) is 11.0. The molecule has 0 bridgehead atoms. The second-order valence-electron chi connectivity index (χ2n) is 3.84. The van der Waals surface area contributed by atoms with Crippen molar-refractivity contribution in [1.82, 2.24) is 5.32 Å². The lowest BCUT2D eigenvalue weighted by molar-refractivity contribution is 0.0807. The minimum absolute atomic E-state index is 0.154. The van der Waals surface area contributed by atoms with E-state index in [1.54, 1.807) is 6.07 Å². The summed E-state index contributed by atoms with van der Waals surface area (Å²) in [7, 11) is 0. The van der Waals surface area contributed by atoms with Crippen molar-refractivity contribution in [2.75, 3.05) is 13.2 Å². The standard InChI is InChI=1S/C12H18ClNO2/c1-9(2)16-7-6-14-8-10-4-3-5-11(13)12(10)15/h3-5,9,14-15H,6-8H2,1-2H3. The highest BCUT2D eigenvalue weighted by Crippen LogP contribution is 2.26. The van der Waals surface area contributed by atoms with E-state index in [9.17, 15) is 5.11 Å². The van der Waals surface area contributed by atoms with Gasteiger partial charge in [-0.3, -0.25) is 0 Å². The van der Waals surface area contributed by atoms with Crippen molar-refractivity contribution in [1.29, 1.82) is 0 Å². The van der Waals surface area contributed by atoms with E-state index in [-0.39, 0.29) is 11.9 Å². The summed E-state index contributed by atoms with van der Waals surface area (Å²) in [5.74, 6) is 0.154. The molecule has 0 unspecified atom stereocenters. The van der Waals surface area contributed by atoms with Crippen LogP contribution < -0.4 is 5.32 Å². The number of aromatic hydroxyl groups is 1. The Balaban J connectivity index is 2.29. The number of para-hydroxylation sites is 1. The van der Waals surface area contributed by atoms with E-state index in [1.165, 1.54) is 0 Å². The number of ether oxygens (including phenoxy) is 1. The molecule has 90 valence electrons. The molecule has 0 atom stereocenters. The Morgan fingerprint density at radius 3 is 2.88 bits per heavy atom. The molecule has 3 nitrogen and oxygen atoms in total. The molecule has 2 N–H and O–H groups in total. The topological polar surface area (TPSA) is 41.5 Å². The van der Waals surface area contributed by atoms with Gasteiger partial charge in [-0.2, -0.15) is 0 Å². The Kier molecular flexibility index (Phi) is 5.60. The zero-order chi connectivity index (χ0) is 12.0. The van der Waals surface area contributed by atoms with Crippen molar-refractivity contribution >= 4 is 11.6 Å². The van der Waals surface area contributed by atoms with Crippen LogP contribution in [0.25, 0.3) is 0 Å². The Morgan fingerprint density at radius 1 is 1.44 bits per heavy atom. The minimum Gasteiger partial charge on any atom is -0.506 e. The molecule has 0 spiro atoms. The summed E-state index contributed by atoms with van der Waals surface area (Å²) >= 11 is 5.79. The average molecular weight is 244 g/mol. The lowest BCUT2D eigenvalue weighted by atomic mass is 10.2. The molecular formula is C12H18ClNO2. The van der Waals surface area contributed by atoms with Gasteiger partial charge in [0.15, 0.2) is 0 Å². The Hall–Kier alpha value is -0.770. The molecule has 1 rings (SSSR count). The van der Waals surface area contributed by atoms with Gasteiger partial charge in [-0.05, 0) is 19.9 Å². The van der Waals surface area contributed by atoms with Gasteiger partial charge in [0.1, 0.15) is 5.75 Å². The summed E-state index contributed by atoms with van der Waals surface area (Å²) in [6, 6.07) is 5.34. The molecule has 0 saturated heterocycles. The van der Waals surface area contributed by atoms with E-state index < -0.39 is 0 Å². The third-order valence-electron chi connectivity index (χ3n) is 2.12. The molecule has 0 aliphatic rings. The third-order valence-corrected chi connectivity index (χ3v) is 2.42. The summed E-state index contributed by atoms with van der Waals surface area (Å²) in [4.78, 5) is 0. The highest BCUT2D eigenvalue weighted by molar-refractivity contribution is 6.32. The predicted octanol–water partition coefficient (Wildman–Crippen LogP) is 2.56. The van der Waals surface area contributed by atoms with E-state index in [4.69, 9.17) is 16.3 Å². The Labute approximate surface area is 101 Å². The first-order valence-electron chi connectivity index (χ1n) is 5.40. The van der Waals surface area contributed by atoms with Crippen LogP contribution in [0, 0.1) is 0 Å². The van der Waals surface area contributed by atoms with Gasteiger partial charge in [-0.1, -0.05) is 23.7 Å². The van der Waals surface area contributed by atoms with Crippen LogP contribution >= 0.6 is 11.6 Å². The van der Waals surface area contributed by atoms with Gasteiger partial charge in [0, 0.05) is 18.7 Å². The molecule has 0 aliphatic carbocycles. The number of hydrogen-bond acceptors (Lipinski definition) is 3. The summed E-state index contributed by atoms with van der Waals surface area (Å²) in [6.45, 7) is 6.02. The van der Waals surface area contributed by atoms with Crippen molar-refractivity contribution in [3.05, 3.63) is 28.8 Å². The molecule has 0 radical (unpaired) electrons. The lowest BCUT2D eigenvalue weighted by Gasteiger charge is -2.09. The van der Waals surface area contributed by atoms with Gasteiger partial charge < -0.3 is 15.2 Å². The number of benzene rings is 1. The lowest BCUT2D eigenvalue weighted by Crippen LogP contribution is -2.21. The quantitative estimate of drug-likeness (QED) is 0.755. The maximum Gasteiger partial charge on any atom is 0.138 e. The SMILES string of the molecule is CC(C)OCCNCc1cccc(Cl)c1O. The fourth-order valence-electron chi connectivity index (χ4n) is 1.29. The van der Waals surface area contributed by atoms with Gasteiger partial charge in [0.25, 0.3) is 0 Å². The predicted molar refractivity (Wildman–Crippen MR) is 65.9 cm³/mol. The molecule has 0 heterocycles. The molecule has 0 saturated carbocycles. The van der Waals surface area contributed by atoms with Crippen LogP contribution in [0.15, 0.2) is 18.2 Å². The zero-order valence-electron chi connectivity index (χ0n) is 9.66. The number of halogens is 1. The fourth-order valence-corrected chi connectivity index (χ4v) is 1.49. The smallest absolute Gasteiger partial charge is 0.138 e. The van der Waals surface area contributed by atoms with E-state index in [1.807, 2.05) is 26.0 Å². The highest BCUT2D eigenvalue weighted by Gasteiger charge is 2.03. The first kappa shape index (κ1) is 13.3. The average Bonchev–Trinajstić information content (AvgIpc) is 2.23. The molecule has 16 heavy (non-hydrogen) atoms. The molecule has 1 aromatic rings. The van der Waals surface area contributed by atoms with Gasteiger partial charge in [-0.15, -0.1) is 0 Å². The first-order chi connectivity index (χ1) is 7.61. The van der Waals surface area contributed by atoms with Crippen LogP contribution in [0.3, 0.4) is 0 Å².